The third-order valence-corrected chi connectivity index (χ3v) is 3.91. The van der Waals surface area contributed by atoms with E-state index in [1.165, 1.54) is 18.2 Å². The molecule has 74 valence electrons. The van der Waals surface area contributed by atoms with Crippen LogP contribution in [-0.2, 0) is 9.84 Å². The lowest BCUT2D eigenvalue weighted by Gasteiger charge is -2.04. The van der Waals surface area contributed by atoms with Gasteiger partial charge in [0.2, 0.25) is 0 Å². The number of rotatable bonds is 2. The standard InChI is InChI=1S/C8H5Cl2NO2S/c9-6-2-1-3-7(10)8(6)14(12,13)5-4-11/h1-3H,5H2. The topological polar surface area (TPSA) is 57.9 Å². The van der Waals surface area contributed by atoms with Crippen molar-refractivity contribution in [2.24, 2.45) is 0 Å². The van der Waals surface area contributed by atoms with Gasteiger partial charge in [-0.1, -0.05) is 29.3 Å². The molecule has 0 heterocycles. The van der Waals surface area contributed by atoms with Crippen LogP contribution >= 0.6 is 23.2 Å². The van der Waals surface area contributed by atoms with E-state index in [4.69, 9.17) is 28.5 Å². The molecule has 1 aromatic rings. The quantitative estimate of drug-likeness (QED) is 0.809. The molecule has 0 atom stereocenters. The van der Waals surface area contributed by atoms with Gasteiger partial charge in [-0.05, 0) is 12.1 Å². The second-order valence-electron chi connectivity index (χ2n) is 2.47. The highest BCUT2D eigenvalue weighted by Crippen LogP contribution is 2.29. The number of nitriles is 1. The molecule has 0 saturated carbocycles. The lowest BCUT2D eigenvalue weighted by molar-refractivity contribution is 0.599. The molecule has 0 unspecified atom stereocenters. The Balaban J connectivity index is 3.41. The first-order valence-electron chi connectivity index (χ1n) is 3.53. The molecular weight excluding hydrogens is 245 g/mol. The Hall–Kier alpha value is -0.760. The summed E-state index contributed by atoms with van der Waals surface area (Å²) in [4.78, 5) is -0.176. The minimum Gasteiger partial charge on any atom is -0.223 e. The Bertz CT molecular complexity index is 470. The summed E-state index contributed by atoms with van der Waals surface area (Å²) in [5.41, 5.74) is 0. The summed E-state index contributed by atoms with van der Waals surface area (Å²) in [6.07, 6.45) is 0. The molecule has 0 radical (unpaired) electrons. The number of sulfone groups is 1. The zero-order chi connectivity index (χ0) is 10.8. The van der Waals surface area contributed by atoms with E-state index in [2.05, 4.69) is 0 Å². The van der Waals surface area contributed by atoms with Crippen molar-refractivity contribution < 1.29 is 8.42 Å². The molecule has 0 saturated heterocycles. The highest BCUT2D eigenvalue weighted by Gasteiger charge is 2.20. The van der Waals surface area contributed by atoms with E-state index < -0.39 is 15.6 Å². The Morgan fingerprint density at radius 2 is 1.79 bits per heavy atom. The largest absolute Gasteiger partial charge is 0.223 e. The Kier molecular flexibility index (Phi) is 3.38. The third kappa shape index (κ3) is 2.18. The normalized spacial score (nSPS) is 10.9. The molecule has 0 N–H and O–H groups in total. The van der Waals surface area contributed by atoms with E-state index in [1.54, 1.807) is 6.07 Å². The number of hydrogen-bond donors (Lipinski definition) is 0. The summed E-state index contributed by atoms with van der Waals surface area (Å²) in [7, 11) is -3.70. The minimum atomic E-state index is -3.70. The number of hydrogen-bond acceptors (Lipinski definition) is 3. The summed E-state index contributed by atoms with van der Waals surface area (Å²) < 4.78 is 23.0. The van der Waals surface area contributed by atoms with Gasteiger partial charge in [-0.15, -0.1) is 0 Å². The van der Waals surface area contributed by atoms with E-state index in [-0.39, 0.29) is 14.9 Å². The number of nitrogens with zero attached hydrogens (tertiary/aromatic N) is 1. The molecule has 0 aliphatic rings. The SMILES string of the molecule is N#CCS(=O)(=O)c1c(Cl)cccc1Cl. The summed E-state index contributed by atoms with van der Waals surface area (Å²) in [5.74, 6) is -0.629. The fraction of sp³-hybridized carbons (Fsp3) is 0.125. The van der Waals surface area contributed by atoms with E-state index >= 15 is 0 Å². The fourth-order valence-electron chi connectivity index (χ4n) is 0.937. The van der Waals surface area contributed by atoms with Crippen LogP contribution in [-0.4, -0.2) is 14.2 Å². The fourth-order valence-corrected chi connectivity index (χ4v) is 3.08. The maximum atomic E-state index is 11.5. The van der Waals surface area contributed by atoms with Gasteiger partial charge in [-0.25, -0.2) is 8.42 Å². The lowest BCUT2D eigenvalue weighted by atomic mass is 10.4. The molecule has 0 fully saturated rings. The molecule has 0 aromatic heterocycles. The van der Waals surface area contributed by atoms with Gasteiger partial charge in [0.25, 0.3) is 0 Å². The van der Waals surface area contributed by atoms with Crippen molar-refractivity contribution in [3.8, 4) is 6.07 Å². The zero-order valence-electron chi connectivity index (χ0n) is 6.87. The van der Waals surface area contributed by atoms with Gasteiger partial charge >= 0.3 is 0 Å². The van der Waals surface area contributed by atoms with Gasteiger partial charge < -0.3 is 0 Å². The van der Waals surface area contributed by atoms with Crippen molar-refractivity contribution in [3.05, 3.63) is 28.2 Å². The van der Waals surface area contributed by atoms with Crippen LogP contribution in [0.25, 0.3) is 0 Å². The molecule has 1 rings (SSSR count). The van der Waals surface area contributed by atoms with Crippen LogP contribution in [0.2, 0.25) is 10.0 Å². The summed E-state index contributed by atoms with van der Waals surface area (Å²) in [6.45, 7) is 0. The highest BCUT2D eigenvalue weighted by molar-refractivity contribution is 7.91. The molecule has 0 aliphatic carbocycles. The summed E-state index contributed by atoms with van der Waals surface area (Å²) in [5, 5.41) is 8.40. The predicted molar refractivity (Wildman–Crippen MR) is 54.1 cm³/mol. The van der Waals surface area contributed by atoms with Gasteiger partial charge in [-0.2, -0.15) is 5.26 Å². The van der Waals surface area contributed by atoms with Crippen molar-refractivity contribution >= 4 is 33.0 Å². The molecule has 14 heavy (non-hydrogen) atoms. The average Bonchev–Trinajstić information content (AvgIpc) is 2.02. The minimum absolute atomic E-state index is 0.0350. The number of halogens is 2. The van der Waals surface area contributed by atoms with Gasteiger partial charge in [0.05, 0.1) is 16.1 Å². The van der Waals surface area contributed by atoms with Crippen LogP contribution in [0.1, 0.15) is 0 Å². The predicted octanol–water partition coefficient (Wildman–Crippen LogP) is 2.29. The second-order valence-corrected chi connectivity index (χ2v) is 5.21. The molecule has 1 aromatic carbocycles. The third-order valence-electron chi connectivity index (χ3n) is 1.48. The van der Waals surface area contributed by atoms with Crippen molar-refractivity contribution in [1.29, 1.82) is 5.26 Å². The number of benzene rings is 1. The van der Waals surface area contributed by atoms with Gasteiger partial charge in [0, 0.05) is 0 Å². The molecule has 0 bridgehead atoms. The Morgan fingerprint density at radius 1 is 1.29 bits per heavy atom. The van der Waals surface area contributed by atoms with Crippen molar-refractivity contribution in [2.75, 3.05) is 5.75 Å². The summed E-state index contributed by atoms with van der Waals surface area (Å²) >= 11 is 11.4. The molecule has 3 nitrogen and oxygen atoms in total. The van der Waals surface area contributed by atoms with Crippen LogP contribution in [0.15, 0.2) is 23.1 Å². The average molecular weight is 250 g/mol. The highest BCUT2D eigenvalue weighted by atomic mass is 35.5. The second kappa shape index (κ2) is 4.18. The van der Waals surface area contributed by atoms with Crippen LogP contribution in [0.5, 0.6) is 0 Å². The molecule has 0 amide bonds. The molecular formula is C8H5Cl2NO2S. The molecule has 0 spiro atoms. The van der Waals surface area contributed by atoms with Crippen LogP contribution < -0.4 is 0 Å². The van der Waals surface area contributed by atoms with Crippen LogP contribution in [0, 0.1) is 11.3 Å². The Morgan fingerprint density at radius 3 is 2.21 bits per heavy atom. The maximum Gasteiger partial charge on any atom is 0.194 e. The molecule has 6 heteroatoms. The first kappa shape index (κ1) is 11.3. The van der Waals surface area contributed by atoms with Crippen molar-refractivity contribution in [2.45, 2.75) is 4.90 Å². The van der Waals surface area contributed by atoms with Gasteiger partial charge in [-0.3, -0.25) is 0 Å². The van der Waals surface area contributed by atoms with E-state index in [0.29, 0.717) is 0 Å². The Labute approximate surface area is 91.8 Å². The van der Waals surface area contributed by atoms with Crippen LogP contribution in [0.3, 0.4) is 0 Å². The maximum absolute atomic E-state index is 11.5. The first-order valence-corrected chi connectivity index (χ1v) is 5.93. The van der Waals surface area contributed by atoms with Gasteiger partial charge in [0.15, 0.2) is 9.84 Å². The van der Waals surface area contributed by atoms with Crippen molar-refractivity contribution in [1.82, 2.24) is 0 Å². The zero-order valence-corrected chi connectivity index (χ0v) is 9.20. The monoisotopic (exact) mass is 249 g/mol. The van der Waals surface area contributed by atoms with Crippen LogP contribution in [0.4, 0.5) is 0 Å². The van der Waals surface area contributed by atoms with Crippen molar-refractivity contribution in [3.63, 3.8) is 0 Å². The van der Waals surface area contributed by atoms with E-state index in [1.807, 2.05) is 0 Å². The summed E-state index contributed by atoms with van der Waals surface area (Å²) in [6, 6.07) is 5.92. The molecule has 0 aliphatic heterocycles. The van der Waals surface area contributed by atoms with E-state index in [9.17, 15) is 8.42 Å². The van der Waals surface area contributed by atoms with E-state index in [0.717, 1.165) is 0 Å². The van der Waals surface area contributed by atoms with Gasteiger partial charge in [0.1, 0.15) is 10.6 Å². The lowest BCUT2D eigenvalue weighted by Crippen LogP contribution is -2.06. The smallest absolute Gasteiger partial charge is 0.194 e. The first-order chi connectivity index (χ1) is 6.49.